The first kappa shape index (κ1) is 15.5. The van der Waals surface area contributed by atoms with Crippen LogP contribution in [0.5, 0.6) is 5.75 Å². The van der Waals surface area contributed by atoms with E-state index in [0.717, 1.165) is 28.8 Å². The predicted octanol–water partition coefficient (Wildman–Crippen LogP) is 2.95. The summed E-state index contributed by atoms with van der Waals surface area (Å²) in [6.45, 7) is 5.27. The monoisotopic (exact) mass is 315 g/mol. The summed E-state index contributed by atoms with van der Waals surface area (Å²) >= 11 is 3.47. The molecule has 1 rings (SSSR count). The topological polar surface area (TPSA) is 41.5 Å². The fourth-order valence-electron chi connectivity index (χ4n) is 1.94. The van der Waals surface area contributed by atoms with Crippen molar-refractivity contribution in [3.8, 4) is 5.75 Å². The smallest absolute Gasteiger partial charge is 0.123 e. The molecular formula is C14H22BrNO2. The number of hydrogen-bond donors (Lipinski definition) is 2. The lowest BCUT2D eigenvalue weighted by molar-refractivity contribution is 0.243. The van der Waals surface area contributed by atoms with Crippen LogP contribution in [-0.2, 0) is 6.54 Å². The van der Waals surface area contributed by atoms with Crippen molar-refractivity contribution in [2.24, 2.45) is 5.92 Å². The number of benzene rings is 1. The molecule has 0 fully saturated rings. The quantitative estimate of drug-likeness (QED) is 0.813. The van der Waals surface area contributed by atoms with Crippen LogP contribution >= 0.6 is 15.9 Å². The minimum atomic E-state index is 0.214. The second-order valence-electron chi connectivity index (χ2n) is 4.70. The average molecular weight is 316 g/mol. The molecule has 0 aliphatic heterocycles. The van der Waals surface area contributed by atoms with Gasteiger partial charge in [-0.3, -0.25) is 0 Å². The second kappa shape index (κ2) is 7.77. The van der Waals surface area contributed by atoms with Gasteiger partial charge in [0.05, 0.1) is 7.11 Å². The number of nitrogens with one attached hydrogen (secondary N) is 1. The summed E-state index contributed by atoms with van der Waals surface area (Å²) in [6.07, 6.45) is 0.772. The van der Waals surface area contributed by atoms with Gasteiger partial charge >= 0.3 is 0 Å². The zero-order chi connectivity index (χ0) is 13.5. The highest BCUT2D eigenvalue weighted by atomic mass is 79.9. The Morgan fingerprint density at radius 2 is 2.11 bits per heavy atom. The van der Waals surface area contributed by atoms with Crippen molar-refractivity contribution in [3.05, 3.63) is 28.2 Å². The molecule has 0 saturated carbocycles. The molecule has 0 aromatic heterocycles. The molecule has 102 valence electrons. The third-order valence-electron chi connectivity index (χ3n) is 3.04. The van der Waals surface area contributed by atoms with Crippen molar-refractivity contribution < 1.29 is 9.84 Å². The van der Waals surface area contributed by atoms with Crippen molar-refractivity contribution in [1.82, 2.24) is 5.32 Å². The molecule has 4 heteroatoms. The van der Waals surface area contributed by atoms with Gasteiger partial charge in [0, 0.05) is 29.2 Å². The van der Waals surface area contributed by atoms with Crippen LogP contribution in [-0.4, -0.2) is 24.9 Å². The van der Waals surface area contributed by atoms with E-state index in [0.29, 0.717) is 12.0 Å². The van der Waals surface area contributed by atoms with E-state index in [-0.39, 0.29) is 6.61 Å². The first-order valence-electron chi connectivity index (χ1n) is 6.25. The molecule has 18 heavy (non-hydrogen) atoms. The van der Waals surface area contributed by atoms with Gasteiger partial charge in [0.25, 0.3) is 0 Å². The lowest BCUT2D eigenvalue weighted by Gasteiger charge is -2.22. The van der Waals surface area contributed by atoms with Crippen LogP contribution in [0.4, 0.5) is 0 Å². The van der Waals surface area contributed by atoms with Crippen LogP contribution in [0.25, 0.3) is 0 Å². The van der Waals surface area contributed by atoms with Gasteiger partial charge in [-0.2, -0.15) is 0 Å². The standard InChI is InChI=1S/C14H22BrNO2/c1-10(2)13(6-7-17)16-9-11-8-12(15)4-5-14(11)18-3/h4-5,8,10,13,16-17H,6-7,9H2,1-3H3. The summed E-state index contributed by atoms with van der Waals surface area (Å²) in [5.41, 5.74) is 1.12. The number of ether oxygens (including phenoxy) is 1. The van der Waals surface area contributed by atoms with Crippen LogP contribution < -0.4 is 10.1 Å². The third kappa shape index (κ3) is 4.59. The average Bonchev–Trinajstić information content (AvgIpc) is 2.34. The minimum absolute atomic E-state index is 0.214. The Morgan fingerprint density at radius 1 is 1.39 bits per heavy atom. The van der Waals surface area contributed by atoms with Gasteiger partial charge in [-0.25, -0.2) is 0 Å². The molecule has 3 nitrogen and oxygen atoms in total. The Labute approximate surface area is 118 Å². The second-order valence-corrected chi connectivity index (χ2v) is 5.62. The highest BCUT2D eigenvalue weighted by molar-refractivity contribution is 9.10. The third-order valence-corrected chi connectivity index (χ3v) is 3.54. The number of aliphatic hydroxyl groups excluding tert-OH is 1. The molecule has 2 N–H and O–H groups in total. The lowest BCUT2D eigenvalue weighted by Crippen LogP contribution is -2.34. The maximum Gasteiger partial charge on any atom is 0.123 e. The number of rotatable bonds is 7. The van der Waals surface area contributed by atoms with Gasteiger partial charge in [-0.1, -0.05) is 29.8 Å². The van der Waals surface area contributed by atoms with Crippen molar-refractivity contribution >= 4 is 15.9 Å². The normalized spacial score (nSPS) is 12.8. The van der Waals surface area contributed by atoms with Crippen molar-refractivity contribution in [2.75, 3.05) is 13.7 Å². The van der Waals surface area contributed by atoms with Crippen molar-refractivity contribution in [1.29, 1.82) is 0 Å². The van der Waals surface area contributed by atoms with Gasteiger partial charge in [0.1, 0.15) is 5.75 Å². The van der Waals surface area contributed by atoms with Crippen molar-refractivity contribution in [2.45, 2.75) is 32.9 Å². The zero-order valence-corrected chi connectivity index (χ0v) is 12.8. The van der Waals surface area contributed by atoms with Crippen LogP contribution in [0.1, 0.15) is 25.8 Å². The van der Waals surface area contributed by atoms with Gasteiger partial charge in [-0.15, -0.1) is 0 Å². The molecule has 0 heterocycles. The molecule has 0 amide bonds. The summed E-state index contributed by atoms with van der Waals surface area (Å²) in [6, 6.07) is 6.30. The van der Waals surface area contributed by atoms with Crippen LogP contribution in [0.2, 0.25) is 0 Å². The Balaban J connectivity index is 2.68. The number of methoxy groups -OCH3 is 1. The van der Waals surface area contributed by atoms with Gasteiger partial charge < -0.3 is 15.2 Å². The molecule has 0 radical (unpaired) electrons. The Bertz CT molecular complexity index is 369. The summed E-state index contributed by atoms with van der Waals surface area (Å²) in [4.78, 5) is 0. The van der Waals surface area contributed by atoms with Gasteiger partial charge in [0.2, 0.25) is 0 Å². The van der Waals surface area contributed by atoms with Crippen LogP contribution in [0.3, 0.4) is 0 Å². The van der Waals surface area contributed by atoms with E-state index in [1.165, 1.54) is 0 Å². The molecule has 1 unspecified atom stereocenters. The summed E-state index contributed by atoms with van der Waals surface area (Å²) in [5, 5.41) is 12.5. The summed E-state index contributed by atoms with van der Waals surface area (Å²) < 4.78 is 6.39. The van der Waals surface area contributed by atoms with Gasteiger partial charge in [0.15, 0.2) is 0 Å². The van der Waals surface area contributed by atoms with E-state index in [9.17, 15) is 0 Å². The maximum absolute atomic E-state index is 9.06. The molecular weight excluding hydrogens is 294 g/mol. The highest BCUT2D eigenvalue weighted by Gasteiger charge is 2.13. The first-order chi connectivity index (χ1) is 8.58. The fraction of sp³-hybridized carbons (Fsp3) is 0.571. The van der Waals surface area contributed by atoms with E-state index < -0.39 is 0 Å². The fourth-order valence-corrected chi connectivity index (χ4v) is 2.35. The first-order valence-corrected chi connectivity index (χ1v) is 7.04. The molecule has 0 bridgehead atoms. The molecule has 0 spiro atoms. The molecule has 0 aliphatic rings. The molecule has 1 aromatic rings. The van der Waals surface area contributed by atoms with E-state index in [4.69, 9.17) is 9.84 Å². The number of halogens is 1. The van der Waals surface area contributed by atoms with Crippen molar-refractivity contribution in [3.63, 3.8) is 0 Å². The zero-order valence-electron chi connectivity index (χ0n) is 11.2. The Morgan fingerprint density at radius 3 is 2.67 bits per heavy atom. The Hall–Kier alpha value is -0.580. The van der Waals surface area contributed by atoms with E-state index in [1.54, 1.807) is 7.11 Å². The summed E-state index contributed by atoms with van der Waals surface area (Å²) in [7, 11) is 1.68. The lowest BCUT2D eigenvalue weighted by atomic mass is 10.0. The largest absolute Gasteiger partial charge is 0.496 e. The van der Waals surface area contributed by atoms with E-state index in [1.807, 2.05) is 12.1 Å². The predicted molar refractivity (Wildman–Crippen MR) is 77.9 cm³/mol. The molecule has 0 aliphatic carbocycles. The molecule has 0 saturated heterocycles. The Kier molecular flexibility index (Phi) is 6.68. The van der Waals surface area contributed by atoms with E-state index >= 15 is 0 Å². The van der Waals surface area contributed by atoms with E-state index in [2.05, 4.69) is 41.2 Å². The highest BCUT2D eigenvalue weighted by Crippen LogP contribution is 2.23. The summed E-state index contributed by atoms with van der Waals surface area (Å²) in [5.74, 6) is 1.38. The molecule has 1 aromatic carbocycles. The number of aliphatic hydroxyl groups is 1. The maximum atomic E-state index is 9.06. The SMILES string of the molecule is COc1ccc(Br)cc1CNC(CCO)C(C)C. The number of hydrogen-bond acceptors (Lipinski definition) is 3. The minimum Gasteiger partial charge on any atom is -0.496 e. The van der Waals surface area contributed by atoms with Gasteiger partial charge in [-0.05, 0) is 30.5 Å². The molecule has 1 atom stereocenters. The van der Waals surface area contributed by atoms with Crippen LogP contribution in [0, 0.1) is 5.92 Å². The van der Waals surface area contributed by atoms with Crippen LogP contribution in [0.15, 0.2) is 22.7 Å².